The smallest absolute Gasteiger partial charge is 0.319 e. The highest BCUT2D eigenvalue weighted by Gasteiger charge is 2.32. The molecule has 2 aromatic carbocycles. The second-order valence-electron chi connectivity index (χ2n) is 13.2. The average Bonchev–Trinajstić information content (AvgIpc) is 3.06. The van der Waals surface area contributed by atoms with Gasteiger partial charge >= 0.3 is 6.03 Å². The fourth-order valence-electron chi connectivity index (χ4n) is 6.20. The van der Waals surface area contributed by atoms with Gasteiger partial charge in [0.15, 0.2) is 0 Å². The minimum absolute atomic E-state index is 0.0575. The molecule has 1 fully saturated rings. The lowest BCUT2D eigenvalue weighted by atomic mass is 9.96. The SMILES string of the molecule is C[C@@H]1CCCCO[C@@H](CN(C)S(=O)(=O)c2ccc(Cl)cc2)[C@H](C)CN([C@H](C)CO)C(=O)c2cc(NC(=O)NC3CCCCC3)ccc2O1. The number of carbonyl (C=O) groups is 2. The molecule has 0 saturated heterocycles. The van der Waals surface area contributed by atoms with Crippen LogP contribution in [0.3, 0.4) is 0 Å². The Kier molecular flexibility index (Phi) is 14.0. The summed E-state index contributed by atoms with van der Waals surface area (Å²) in [5, 5.41) is 16.6. The number of hydrogen-bond donors (Lipinski definition) is 3. The molecular weight excluding hydrogens is 656 g/mol. The van der Waals surface area contributed by atoms with Gasteiger partial charge in [0.1, 0.15) is 5.75 Å². The van der Waals surface area contributed by atoms with Gasteiger partial charge in [-0.2, -0.15) is 4.31 Å². The van der Waals surface area contributed by atoms with E-state index in [9.17, 15) is 23.1 Å². The molecule has 2 aromatic rings. The lowest BCUT2D eigenvalue weighted by molar-refractivity contribution is -0.00833. The summed E-state index contributed by atoms with van der Waals surface area (Å²) in [6, 6.07) is 10.3. The number of hydrogen-bond acceptors (Lipinski definition) is 7. The van der Waals surface area contributed by atoms with E-state index >= 15 is 0 Å². The van der Waals surface area contributed by atoms with Gasteiger partial charge in [-0.15, -0.1) is 0 Å². The van der Waals surface area contributed by atoms with Crippen LogP contribution in [0.2, 0.25) is 5.02 Å². The highest BCUT2D eigenvalue weighted by atomic mass is 35.5. The highest BCUT2D eigenvalue weighted by molar-refractivity contribution is 7.89. The molecule has 2 aliphatic rings. The first kappa shape index (κ1) is 37.9. The third-order valence-electron chi connectivity index (χ3n) is 9.21. The second-order valence-corrected chi connectivity index (χ2v) is 15.7. The number of nitrogens with zero attached hydrogens (tertiary/aromatic N) is 2. The van der Waals surface area contributed by atoms with Gasteiger partial charge < -0.3 is 30.1 Å². The fraction of sp³-hybridized carbons (Fsp3) is 0.600. The molecule has 0 spiro atoms. The van der Waals surface area contributed by atoms with Gasteiger partial charge in [0.25, 0.3) is 5.91 Å². The van der Waals surface area contributed by atoms with E-state index in [-0.39, 0.29) is 60.2 Å². The molecule has 1 aliphatic heterocycles. The van der Waals surface area contributed by atoms with E-state index in [0.29, 0.717) is 29.5 Å². The molecule has 11 nitrogen and oxygen atoms in total. The van der Waals surface area contributed by atoms with Crippen LogP contribution < -0.4 is 15.4 Å². The quantitative estimate of drug-likeness (QED) is 0.310. The molecule has 1 aliphatic carbocycles. The first-order valence-electron chi connectivity index (χ1n) is 17.0. The molecule has 0 bridgehead atoms. The van der Waals surface area contributed by atoms with E-state index < -0.39 is 22.2 Å². The third kappa shape index (κ3) is 10.3. The predicted molar refractivity (Wildman–Crippen MR) is 187 cm³/mol. The Balaban J connectivity index is 1.60. The molecular formula is C35H51ClN4O7S. The molecule has 1 heterocycles. The van der Waals surface area contributed by atoms with Crippen LogP contribution in [-0.2, 0) is 14.8 Å². The van der Waals surface area contributed by atoms with Crippen LogP contribution in [0.4, 0.5) is 10.5 Å². The Bertz CT molecular complexity index is 1470. The standard InChI is InChI=1S/C35H51ClN4O7S/c1-24-21-40(25(2)23-41)34(42)31-20-29(38-35(43)37-28-11-6-5-7-12-28)15-18-32(31)47-26(3)10-8-9-19-46-33(24)22-39(4)48(44,45)30-16-13-27(36)14-17-30/h13-18,20,24-26,28,33,41H,5-12,19,21-23H2,1-4H3,(H2,37,38,43)/t24-,25-,26-,33+/m1/s1. The zero-order valence-electron chi connectivity index (χ0n) is 28.5. The zero-order chi connectivity index (χ0) is 34.8. The van der Waals surface area contributed by atoms with Crippen LogP contribution in [0, 0.1) is 5.92 Å². The molecule has 4 rings (SSSR count). The topological polar surface area (TPSA) is 138 Å². The molecule has 1 saturated carbocycles. The first-order chi connectivity index (χ1) is 22.9. The number of aliphatic hydroxyl groups is 1. The summed E-state index contributed by atoms with van der Waals surface area (Å²) in [5.41, 5.74) is 0.717. The van der Waals surface area contributed by atoms with E-state index in [1.54, 1.807) is 30.0 Å². The molecule has 3 N–H and O–H groups in total. The Labute approximate surface area is 290 Å². The molecule has 0 aromatic heterocycles. The van der Waals surface area contributed by atoms with Crippen molar-refractivity contribution in [2.24, 2.45) is 5.92 Å². The monoisotopic (exact) mass is 706 g/mol. The number of halogens is 1. The lowest BCUT2D eigenvalue weighted by Crippen LogP contribution is -2.48. The second kappa shape index (κ2) is 17.7. The number of rotatable bonds is 8. The average molecular weight is 707 g/mol. The molecule has 48 heavy (non-hydrogen) atoms. The van der Waals surface area contributed by atoms with Crippen molar-refractivity contribution in [3.8, 4) is 5.75 Å². The van der Waals surface area contributed by atoms with E-state index in [2.05, 4.69) is 10.6 Å². The third-order valence-corrected chi connectivity index (χ3v) is 11.3. The number of nitrogens with one attached hydrogen (secondary N) is 2. The van der Waals surface area contributed by atoms with E-state index in [1.165, 1.54) is 42.0 Å². The number of carbonyl (C=O) groups excluding carboxylic acids is 2. The number of urea groups is 1. The van der Waals surface area contributed by atoms with Crippen molar-refractivity contribution in [2.45, 2.75) is 101 Å². The predicted octanol–water partition coefficient (Wildman–Crippen LogP) is 5.91. The number of anilines is 1. The fourth-order valence-corrected chi connectivity index (χ4v) is 7.51. The zero-order valence-corrected chi connectivity index (χ0v) is 30.1. The van der Waals surface area contributed by atoms with Crippen LogP contribution in [0.1, 0.15) is 82.5 Å². The Morgan fingerprint density at radius 2 is 1.75 bits per heavy atom. The van der Waals surface area contributed by atoms with Crippen LogP contribution in [0.5, 0.6) is 5.75 Å². The molecule has 4 atom stereocenters. The Morgan fingerprint density at radius 3 is 2.44 bits per heavy atom. The van der Waals surface area contributed by atoms with Crippen molar-refractivity contribution >= 4 is 39.2 Å². The number of aliphatic hydroxyl groups excluding tert-OH is 1. The van der Waals surface area contributed by atoms with Crippen LogP contribution >= 0.6 is 11.6 Å². The van der Waals surface area contributed by atoms with Gasteiger partial charge in [0.05, 0.1) is 35.3 Å². The van der Waals surface area contributed by atoms with Crippen LogP contribution in [0.15, 0.2) is 47.4 Å². The van der Waals surface area contributed by atoms with Gasteiger partial charge in [-0.05, 0) is 88.4 Å². The summed E-state index contributed by atoms with van der Waals surface area (Å²) in [7, 11) is -2.33. The van der Waals surface area contributed by atoms with Gasteiger partial charge in [-0.3, -0.25) is 4.79 Å². The number of amides is 3. The van der Waals surface area contributed by atoms with E-state index in [0.717, 1.165) is 38.5 Å². The van der Waals surface area contributed by atoms with Gasteiger partial charge in [-0.1, -0.05) is 37.8 Å². The largest absolute Gasteiger partial charge is 0.490 e. The number of benzene rings is 2. The summed E-state index contributed by atoms with van der Waals surface area (Å²) in [6.07, 6.45) is 6.75. The molecule has 0 radical (unpaired) electrons. The molecule has 0 unspecified atom stereocenters. The van der Waals surface area contributed by atoms with Crippen molar-refractivity contribution in [1.82, 2.24) is 14.5 Å². The van der Waals surface area contributed by atoms with Crippen molar-refractivity contribution in [2.75, 3.05) is 38.7 Å². The molecule has 3 amide bonds. The normalized spacial score (nSPS) is 22.7. The minimum atomic E-state index is -3.84. The number of likely N-dealkylation sites (N-methyl/N-ethyl adjacent to an activating group) is 1. The first-order valence-corrected chi connectivity index (χ1v) is 18.8. The highest BCUT2D eigenvalue weighted by Crippen LogP contribution is 2.29. The number of ether oxygens (including phenoxy) is 2. The summed E-state index contributed by atoms with van der Waals surface area (Å²) < 4.78 is 40.7. The minimum Gasteiger partial charge on any atom is -0.490 e. The Morgan fingerprint density at radius 1 is 1.06 bits per heavy atom. The summed E-state index contributed by atoms with van der Waals surface area (Å²) in [4.78, 5) is 28.9. The van der Waals surface area contributed by atoms with Gasteiger partial charge in [-0.25, -0.2) is 13.2 Å². The lowest BCUT2D eigenvalue weighted by Gasteiger charge is -2.35. The van der Waals surface area contributed by atoms with Crippen molar-refractivity contribution in [3.63, 3.8) is 0 Å². The van der Waals surface area contributed by atoms with E-state index in [1.807, 2.05) is 13.8 Å². The number of sulfonamides is 1. The Hall–Kier alpha value is -2.90. The van der Waals surface area contributed by atoms with Crippen molar-refractivity contribution < 1.29 is 32.6 Å². The molecule has 13 heteroatoms. The van der Waals surface area contributed by atoms with Gasteiger partial charge in [0.2, 0.25) is 10.0 Å². The summed E-state index contributed by atoms with van der Waals surface area (Å²) in [6.45, 7) is 5.97. The maximum Gasteiger partial charge on any atom is 0.319 e. The maximum atomic E-state index is 14.4. The summed E-state index contributed by atoms with van der Waals surface area (Å²) >= 11 is 5.99. The number of fused-ring (bicyclic) bond motifs is 1. The molecule has 266 valence electrons. The summed E-state index contributed by atoms with van der Waals surface area (Å²) in [5.74, 6) is -0.299. The van der Waals surface area contributed by atoms with Crippen molar-refractivity contribution in [1.29, 1.82) is 0 Å². The van der Waals surface area contributed by atoms with E-state index in [4.69, 9.17) is 21.1 Å². The van der Waals surface area contributed by atoms with Crippen LogP contribution in [-0.4, -0.2) is 92.3 Å². The van der Waals surface area contributed by atoms with Gasteiger partial charge in [0, 0.05) is 49.4 Å². The van der Waals surface area contributed by atoms with Crippen LogP contribution in [0.25, 0.3) is 0 Å². The maximum absolute atomic E-state index is 14.4. The van der Waals surface area contributed by atoms with Crippen molar-refractivity contribution in [3.05, 3.63) is 53.1 Å².